The monoisotopic (exact) mass is 269 g/mol. The summed E-state index contributed by atoms with van der Waals surface area (Å²) in [5.41, 5.74) is -0.697. The second kappa shape index (κ2) is 7.06. The highest BCUT2D eigenvalue weighted by molar-refractivity contribution is 5.91. The number of amides is 1. The first kappa shape index (κ1) is 18.1. The summed E-state index contributed by atoms with van der Waals surface area (Å²) >= 11 is 0. The van der Waals surface area contributed by atoms with E-state index in [9.17, 15) is 9.59 Å². The quantitative estimate of drug-likeness (QED) is 0.709. The first-order valence-electron chi connectivity index (χ1n) is 7.37. The van der Waals surface area contributed by atoms with Crippen LogP contribution in [0.5, 0.6) is 0 Å². The zero-order chi connectivity index (χ0) is 15.4. The van der Waals surface area contributed by atoms with E-state index in [0.29, 0.717) is 5.92 Å². The summed E-state index contributed by atoms with van der Waals surface area (Å²) in [5.74, 6) is 0.749. The average molecular weight is 269 g/mol. The van der Waals surface area contributed by atoms with E-state index in [1.165, 1.54) is 0 Å². The average Bonchev–Trinajstić information content (AvgIpc) is 2.33. The summed E-state index contributed by atoms with van der Waals surface area (Å²) in [5, 5.41) is 0. The predicted molar refractivity (Wildman–Crippen MR) is 79.9 cm³/mol. The molecule has 0 bridgehead atoms. The molecule has 0 heterocycles. The van der Waals surface area contributed by atoms with Gasteiger partial charge in [0.25, 0.3) is 0 Å². The molecule has 1 amide bonds. The van der Waals surface area contributed by atoms with Gasteiger partial charge in [-0.3, -0.25) is 9.59 Å². The fraction of sp³-hybridized carbons (Fsp3) is 0.875. The molecule has 3 heteroatoms. The van der Waals surface area contributed by atoms with Crippen LogP contribution in [0.4, 0.5) is 0 Å². The summed E-state index contributed by atoms with van der Waals surface area (Å²) < 4.78 is 0. The van der Waals surface area contributed by atoms with Gasteiger partial charge in [0.15, 0.2) is 5.78 Å². The molecule has 0 aliphatic rings. The molecule has 0 rings (SSSR count). The molecule has 19 heavy (non-hydrogen) atoms. The largest absolute Gasteiger partial charge is 0.333 e. The molecular formula is C16H31NO2. The summed E-state index contributed by atoms with van der Waals surface area (Å²) in [7, 11) is 1.77. The van der Waals surface area contributed by atoms with Crippen LogP contribution in [0.15, 0.2) is 0 Å². The fourth-order valence-electron chi connectivity index (χ4n) is 2.68. The summed E-state index contributed by atoms with van der Waals surface area (Å²) in [6.45, 7) is 13.8. The van der Waals surface area contributed by atoms with Gasteiger partial charge < -0.3 is 4.90 Å². The lowest BCUT2D eigenvalue weighted by atomic mass is 9.79. The number of Topliss-reactive ketones (excluding diaryl/α,β-unsaturated/α-hetero) is 1. The van der Waals surface area contributed by atoms with Crippen LogP contribution >= 0.6 is 0 Å². The lowest BCUT2D eigenvalue weighted by Gasteiger charge is -2.42. The number of carbonyl (C=O) groups is 2. The van der Waals surface area contributed by atoms with Gasteiger partial charge in [-0.15, -0.1) is 0 Å². The van der Waals surface area contributed by atoms with Crippen molar-refractivity contribution in [1.82, 2.24) is 4.90 Å². The summed E-state index contributed by atoms with van der Waals surface area (Å²) in [6.07, 6.45) is 1.74. The molecule has 0 aromatic rings. The lowest BCUT2D eigenvalue weighted by molar-refractivity contribution is -0.149. The number of ketones is 1. The molecule has 0 aliphatic carbocycles. The van der Waals surface area contributed by atoms with Crippen molar-refractivity contribution < 1.29 is 9.59 Å². The van der Waals surface area contributed by atoms with Crippen molar-refractivity contribution in [3.63, 3.8) is 0 Å². The minimum absolute atomic E-state index is 0.0345. The van der Waals surface area contributed by atoms with Crippen molar-refractivity contribution in [3.05, 3.63) is 0 Å². The van der Waals surface area contributed by atoms with Gasteiger partial charge in [-0.25, -0.2) is 0 Å². The second-order valence-electron chi connectivity index (χ2n) is 6.44. The lowest BCUT2D eigenvalue weighted by Crippen LogP contribution is -2.57. The highest BCUT2D eigenvalue weighted by Gasteiger charge is 2.42. The van der Waals surface area contributed by atoms with Crippen LogP contribution in [0, 0.1) is 17.8 Å². The van der Waals surface area contributed by atoms with Crippen LogP contribution in [0.3, 0.4) is 0 Å². The molecule has 0 fully saturated rings. The number of hydrogen-bond donors (Lipinski definition) is 0. The molecule has 0 radical (unpaired) electrons. The highest BCUT2D eigenvalue weighted by atomic mass is 16.2. The molecule has 112 valence electrons. The van der Waals surface area contributed by atoms with Crippen molar-refractivity contribution in [2.24, 2.45) is 17.8 Å². The Bertz CT molecular complexity index is 325. The molecule has 0 N–H and O–H groups in total. The standard InChI is InChI=1S/C16H31NO2/c1-9-13(5)16(7,14(6)18)17(8)15(19)12(4)10-11(2)3/h11-13H,9-10H2,1-8H3/t12-,13-,16-/m0/s1. The van der Waals surface area contributed by atoms with E-state index in [2.05, 4.69) is 20.8 Å². The molecule has 3 atom stereocenters. The predicted octanol–water partition coefficient (Wildman–Crippen LogP) is 3.52. The molecule has 0 aliphatic heterocycles. The Hall–Kier alpha value is -0.860. The highest BCUT2D eigenvalue weighted by Crippen LogP contribution is 2.29. The minimum Gasteiger partial charge on any atom is -0.333 e. The fourth-order valence-corrected chi connectivity index (χ4v) is 2.68. The van der Waals surface area contributed by atoms with Gasteiger partial charge in [0, 0.05) is 13.0 Å². The molecule has 0 saturated heterocycles. The number of likely N-dealkylation sites (N-methyl/N-ethyl adjacent to an activating group) is 1. The van der Waals surface area contributed by atoms with Crippen molar-refractivity contribution in [2.75, 3.05) is 7.05 Å². The normalized spacial score (nSPS) is 17.7. The Balaban J connectivity index is 5.17. The molecule has 3 nitrogen and oxygen atoms in total. The third kappa shape index (κ3) is 4.05. The SMILES string of the molecule is CC[C@H](C)[C@@](C)(C(C)=O)N(C)C(=O)[C@@H](C)CC(C)C. The summed E-state index contributed by atoms with van der Waals surface area (Å²) in [4.78, 5) is 26.3. The number of hydrogen-bond acceptors (Lipinski definition) is 2. The first-order chi connectivity index (χ1) is 8.58. The van der Waals surface area contributed by atoms with Crippen LogP contribution in [0.1, 0.15) is 61.3 Å². The van der Waals surface area contributed by atoms with Gasteiger partial charge in [-0.05, 0) is 32.1 Å². The zero-order valence-corrected chi connectivity index (χ0v) is 13.9. The van der Waals surface area contributed by atoms with Gasteiger partial charge in [-0.1, -0.05) is 41.0 Å². The van der Waals surface area contributed by atoms with Crippen LogP contribution in [0.25, 0.3) is 0 Å². The summed E-state index contributed by atoms with van der Waals surface area (Å²) in [6, 6.07) is 0. The first-order valence-corrected chi connectivity index (χ1v) is 7.37. The molecule has 0 spiro atoms. The van der Waals surface area contributed by atoms with E-state index in [0.717, 1.165) is 12.8 Å². The molecule has 0 aromatic carbocycles. The molecule has 0 saturated carbocycles. The van der Waals surface area contributed by atoms with Gasteiger partial charge >= 0.3 is 0 Å². The third-order valence-electron chi connectivity index (χ3n) is 4.56. The van der Waals surface area contributed by atoms with E-state index >= 15 is 0 Å². The third-order valence-corrected chi connectivity index (χ3v) is 4.56. The van der Waals surface area contributed by atoms with Crippen molar-refractivity contribution >= 4 is 11.7 Å². The topological polar surface area (TPSA) is 37.4 Å². The Labute approximate surface area is 118 Å². The van der Waals surface area contributed by atoms with Crippen LogP contribution < -0.4 is 0 Å². The maximum absolute atomic E-state index is 12.5. The molecule has 0 aromatic heterocycles. The van der Waals surface area contributed by atoms with E-state index in [4.69, 9.17) is 0 Å². The Morgan fingerprint density at radius 1 is 1.16 bits per heavy atom. The van der Waals surface area contributed by atoms with Crippen molar-refractivity contribution in [2.45, 2.75) is 66.8 Å². The molecule has 0 unspecified atom stereocenters. The van der Waals surface area contributed by atoms with Gasteiger partial charge in [0.1, 0.15) is 5.54 Å². The van der Waals surface area contributed by atoms with Gasteiger partial charge in [-0.2, -0.15) is 0 Å². The smallest absolute Gasteiger partial charge is 0.225 e. The maximum atomic E-state index is 12.5. The number of rotatable bonds is 7. The Morgan fingerprint density at radius 2 is 1.63 bits per heavy atom. The van der Waals surface area contributed by atoms with E-state index in [1.54, 1.807) is 18.9 Å². The van der Waals surface area contributed by atoms with E-state index < -0.39 is 5.54 Å². The Kier molecular flexibility index (Phi) is 6.74. The molecular weight excluding hydrogens is 238 g/mol. The number of nitrogens with zero attached hydrogens (tertiary/aromatic N) is 1. The van der Waals surface area contributed by atoms with E-state index in [-0.39, 0.29) is 23.5 Å². The van der Waals surface area contributed by atoms with Crippen LogP contribution in [-0.2, 0) is 9.59 Å². The van der Waals surface area contributed by atoms with Crippen LogP contribution in [-0.4, -0.2) is 29.2 Å². The van der Waals surface area contributed by atoms with Gasteiger partial charge in [0.2, 0.25) is 5.91 Å². The number of carbonyl (C=O) groups excluding carboxylic acids is 2. The minimum atomic E-state index is -0.697. The van der Waals surface area contributed by atoms with Gasteiger partial charge in [0.05, 0.1) is 0 Å². The maximum Gasteiger partial charge on any atom is 0.225 e. The van der Waals surface area contributed by atoms with Crippen LogP contribution in [0.2, 0.25) is 0 Å². The van der Waals surface area contributed by atoms with Crippen molar-refractivity contribution in [3.8, 4) is 0 Å². The zero-order valence-electron chi connectivity index (χ0n) is 13.9. The second-order valence-corrected chi connectivity index (χ2v) is 6.44. The van der Waals surface area contributed by atoms with Crippen molar-refractivity contribution in [1.29, 1.82) is 0 Å². The van der Waals surface area contributed by atoms with E-state index in [1.807, 2.05) is 20.8 Å². The Morgan fingerprint density at radius 3 is 1.95 bits per heavy atom.